The molecule has 0 bridgehead atoms. The summed E-state index contributed by atoms with van der Waals surface area (Å²) in [5.74, 6) is 0.806. The molecular weight excluding hydrogens is 449 g/mol. The molecule has 3 aromatic rings. The van der Waals surface area contributed by atoms with E-state index in [1.165, 1.54) is 10.4 Å². The lowest BCUT2D eigenvalue weighted by atomic mass is 10.1. The quantitative estimate of drug-likeness (QED) is 0.558. The van der Waals surface area contributed by atoms with E-state index in [9.17, 15) is 13.2 Å². The standard InChI is InChI=1S/C21H17Cl2NO5S/c1-13-8-16(10-21(25)28-13)29-17-11-24(12-17)30(26,27)18-5-2-14(3-6-18)15-4-7-19(22)20(23)9-15/h2-10,17H,11-12H2,1H3. The minimum Gasteiger partial charge on any atom is -0.487 e. The zero-order valence-corrected chi connectivity index (χ0v) is 18.2. The Hall–Kier alpha value is -2.32. The minimum atomic E-state index is -3.63. The Labute approximate surface area is 183 Å². The second kappa shape index (κ2) is 8.07. The highest BCUT2D eigenvalue weighted by atomic mass is 35.5. The van der Waals surface area contributed by atoms with Crippen molar-refractivity contribution < 1.29 is 17.6 Å². The molecule has 1 aliphatic rings. The van der Waals surface area contributed by atoms with Gasteiger partial charge in [0.1, 0.15) is 17.6 Å². The molecule has 156 valence electrons. The number of hydrogen-bond acceptors (Lipinski definition) is 5. The second-order valence-electron chi connectivity index (χ2n) is 6.94. The largest absolute Gasteiger partial charge is 0.487 e. The van der Waals surface area contributed by atoms with Gasteiger partial charge in [-0.3, -0.25) is 0 Å². The highest BCUT2D eigenvalue weighted by Crippen LogP contribution is 2.30. The molecule has 1 fully saturated rings. The van der Waals surface area contributed by atoms with Crippen LogP contribution in [0.3, 0.4) is 0 Å². The Balaban J connectivity index is 1.44. The van der Waals surface area contributed by atoms with Crippen LogP contribution in [0.1, 0.15) is 5.76 Å². The summed E-state index contributed by atoms with van der Waals surface area (Å²) >= 11 is 12.0. The maximum absolute atomic E-state index is 12.8. The molecule has 2 aromatic carbocycles. The van der Waals surface area contributed by atoms with E-state index in [1.54, 1.807) is 49.4 Å². The van der Waals surface area contributed by atoms with Gasteiger partial charge in [0.25, 0.3) is 0 Å². The summed E-state index contributed by atoms with van der Waals surface area (Å²) in [7, 11) is -3.63. The van der Waals surface area contributed by atoms with Crippen molar-refractivity contribution in [2.45, 2.75) is 17.9 Å². The number of rotatable bonds is 5. The molecule has 0 unspecified atom stereocenters. The van der Waals surface area contributed by atoms with E-state index < -0.39 is 15.6 Å². The first-order chi connectivity index (χ1) is 14.2. The molecule has 9 heteroatoms. The Bertz CT molecular complexity index is 1250. The predicted molar refractivity (Wildman–Crippen MR) is 115 cm³/mol. The number of hydrogen-bond donors (Lipinski definition) is 0. The summed E-state index contributed by atoms with van der Waals surface area (Å²) in [5, 5.41) is 0.893. The van der Waals surface area contributed by atoms with Crippen LogP contribution in [0.2, 0.25) is 10.0 Å². The van der Waals surface area contributed by atoms with Crippen molar-refractivity contribution in [3.05, 3.63) is 80.8 Å². The predicted octanol–water partition coefficient (Wildman–Crippen LogP) is 4.37. The zero-order valence-electron chi connectivity index (χ0n) is 15.8. The molecule has 30 heavy (non-hydrogen) atoms. The fourth-order valence-electron chi connectivity index (χ4n) is 3.15. The third kappa shape index (κ3) is 4.25. The van der Waals surface area contributed by atoms with Gasteiger partial charge in [-0.2, -0.15) is 4.31 Å². The van der Waals surface area contributed by atoms with E-state index >= 15 is 0 Å². The number of sulfonamides is 1. The lowest BCUT2D eigenvalue weighted by Crippen LogP contribution is -2.55. The van der Waals surface area contributed by atoms with Gasteiger partial charge in [-0.05, 0) is 42.3 Å². The summed E-state index contributed by atoms with van der Waals surface area (Å²) in [6.45, 7) is 2.06. The Kier molecular flexibility index (Phi) is 5.63. The maximum Gasteiger partial charge on any atom is 0.339 e. The lowest BCUT2D eigenvalue weighted by Gasteiger charge is -2.37. The first kappa shape index (κ1) is 20.9. The van der Waals surface area contributed by atoms with Crippen molar-refractivity contribution in [3.63, 3.8) is 0 Å². The van der Waals surface area contributed by atoms with E-state index in [0.717, 1.165) is 11.1 Å². The molecule has 0 amide bonds. The van der Waals surface area contributed by atoms with Gasteiger partial charge in [0.15, 0.2) is 0 Å². The third-order valence-electron chi connectivity index (χ3n) is 4.73. The van der Waals surface area contributed by atoms with Crippen LogP contribution in [-0.2, 0) is 10.0 Å². The van der Waals surface area contributed by atoms with Crippen LogP contribution in [0.4, 0.5) is 0 Å². The van der Waals surface area contributed by atoms with E-state index in [-0.39, 0.29) is 24.1 Å². The van der Waals surface area contributed by atoms with Crippen LogP contribution >= 0.6 is 23.2 Å². The third-order valence-corrected chi connectivity index (χ3v) is 7.31. The highest BCUT2D eigenvalue weighted by Gasteiger charge is 2.38. The summed E-state index contributed by atoms with van der Waals surface area (Å²) in [5.41, 5.74) is 1.17. The van der Waals surface area contributed by atoms with Gasteiger partial charge >= 0.3 is 5.63 Å². The molecule has 1 saturated heterocycles. The summed E-state index contributed by atoms with van der Waals surface area (Å²) in [6, 6.07) is 14.7. The van der Waals surface area contributed by atoms with Crippen molar-refractivity contribution in [2.24, 2.45) is 0 Å². The molecule has 0 aliphatic carbocycles. The molecule has 0 spiro atoms. The van der Waals surface area contributed by atoms with Crippen LogP contribution in [0.25, 0.3) is 11.1 Å². The second-order valence-corrected chi connectivity index (χ2v) is 9.69. The van der Waals surface area contributed by atoms with Gasteiger partial charge in [0.05, 0.1) is 34.1 Å². The van der Waals surface area contributed by atoms with Gasteiger partial charge in [0.2, 0.25) is 10.0 Å². The van der Waals surface area contributed by atoms with Crippen molar-refractivity contribution in [2.75, 3.05) is 13.1 Å². The molecular formula is C21H17Cl2NO5S. The van der Waals surface area contributed by atoms with E-state index in [1.807, 2.05) is 6.07 Å². The molecule has 0 N–H and O–H groups in total. The van der Waals surface area contributed by atoms with Crippen LogP contribution in [0.15, 0.2) is 68.7 Å². The van der Waals surface area contributed by atoms with Gasteiger partial charge in [-0.15, -0.1) is 0 Å². The highest BCUT2D eigenvalue weighted by molar-refractivity contribution is 7.89. The van der Waals surface area contributed by atoms with E-state index in [2.05, 4.69) is 0 Å². The average molecular weight is 466 g/mol. The maximum atomic E-state index is 12.8. The zero-order chi connectivity index (χ0) is 21.5. The number of ether oxygens (including phenoxy) is 1. The van der Waals surface area contributed by atoms with Gasteiger partial charge in [-0.25, -0.2) is 13.2 Å². The van der Waals surface area contributed by atoms with Crippen LogP contribution in [-0.4, -0.2) is 31.9 Å². The normalized spacial score (nSPS) is 15.0. The van der Waals surface area contributed by atoms with Crippen molar-refractivity contribution >= 4 is 33.2 Å². The van der Waals surface area contributed by atoms with Gasteiger partial charge in [-0.1, -0.05) is 41.4 Å². The number of nitrogens with zero attached hydrogens (tertiary/aromatic N) is 1. The molecule has 0 radical (unpaired) electrons. The minimum absolute atomic E-state index is 0.195. The van der Waals surface area contributed by atoms with Crippen LogP contribution in [0, 0.1) is 6.92 Å². The molecule has 1 aliphatic heterocycles. The smallest absolute Gasteiger partial charge is 0.339 e. The van der Waals surface area contributed by atoms with E-state index in [4.69, 9.17) is 32.4 Å². The molecule has 1 aromatic heterocycles. The number of halogens is 2. The van der Waals surface area contributed by atoms with Gasteiger partial charge < -0.3 is 9.15 Å². The fourth-order valence-corrected chi connectivity index (χ4v) is 4.95. The summed E-state index contributed by atoms with van der Waals surface area (Å²) < 4.78 is 37.6. The van der Waals surface area contributed by atoms with Crippen molar-refractivity contribution in [3.8, 4) is 16.9 Å². The van der Waals surface area contributed by atoms with Gasteiger partial charge in [0, 0.05) is 6.07 Å². The topological polar surface area (TPSA) is 76.8 Å². The molecule has 2 heterocycles. The number of aryl methyl sites for hydroxylation is 1. The van der Waals surface area contributed by atoms with Crippen molar-refractivity contribution in [1.29, 1.82) is 0 Å². The molecule has 6 nitrogen and oxygen atoms in total. The monoisotopic (exact) mass is 465 g/mol. The van der Waals surface area contributed by atoms with Crippen LogP contribution in [0.5, 0.6) is 5.75 Å². The van der Waals surface area contributed by atoms with E-state index in [0.29, 0.717) is 21.6 Å². The summed E-state index contributed by atoms with van der Waals surface area (Å²) in [4.78, 5) is 11.6. The Morgan fingerprint density at radius 2 is 1.63 bits per heavy atom. The molecule has 0 saturated carbocycles. The first-order valence-corrected chi connectivity index (χ1v) is 11.3. The first-order valence-electron chi connectivity index (χ1n) is 9.06. The van der Waals surface area contributed by atoms with Crippen molar-refractivity contribution in [1.82, 2.24) is 4.31 Å². The molecule has 4 rings (SSSR count). The Morgan fingerprint density at radius 1 is 0.967 bits per heavy atom. The van der Waals surface area contributed by atoms with Crippen LogP contribution < -0.4 is 10.4 Å². The SMILES string of the molecule is Cc1cc(OC2CN(S(=O)(=O)c3ccc(-c4ccc(Cl)c(Cl)c4)cc3)C2)cc(=O)o1. The lowest BCUT2D eigenvalue weighted by molar-refractivity contribution is 0.0754. The Morgan fingerprint density at radius 3 is 2.27 bits per heavy atom. The fraction of sp³-hybridized carbons (Fsp3) is 0.190. The molecule has 0 atom stereocenters. The summed E-state index contributed by atoms with van der Waals surface area (Å²) in [6.07, 6.45) is -0.323. The average Bonchev–Trinajstić information content (AvgIpc) is 2.66. The number of benzene rings is 2.